The van der Waals surface area contributed by atoms with E-state index in [0.717, 1.165) is 37.6 Å². The molecule has 1 aliphatic heterocycles. The fourth-order valence-electron chi connectivity index (χ4n) is 2.91. The second kappa shape index (κ2) is 7.23. The van der Waals surface area contributed by atoms with Crippen molar-refractivity contribution in [2.45, 2.75) is 45.6 Å². The van der Waals surface area contributed by atoms with Crippen molar-refractivity contribution in [3.8, 4) is 0 Å². The van der Waals surface area contributed by atoms with E-state index in [1.54, 1.807) is 0 Å². The van der Waals surface area contributed by atoms with Crippen LogP contribution in [0.25, 0.3) is 0 Å². The smallest absolute Gasteiger partial charge is 0.134 e. The molecule has 4 nitrogen and oxygen atoms in total. The van der Waals surface area contributed by atoms with Crippen molar-refractivity contribution in [1.82, 2.24) is 14.9 Å². The molecule has 0 amide bonds. The van der Waals surface area contributed by atoms with E-state index in [2.05, 4.69) is 40.7 Å². The van der Waals surface area contributed by atoms with E-state index < -0.39 is 0 Å². The summed E-state index contributed by atoms with van der Waals surface area (Å²) in [5.74, 6) is 1.79. The second-order valence-corrected chi connectivity index (χ2v) is 5.91. The molecule has 1 atom stereocenters. The average molecular weight is 297 g/mol. The summed E-state index contributed by atoms with van der Waals surface area (Å²) in [7, 11) is 2.10. The highest BCUT2D eigenvalue weighted by Gasteiger charge is 2.24. The maximum atomic E-state index is 6.11. The van der Waals surface area contributed by atoms with Gasteiger partial charge in [-0.05, 0) is 32.4 Å². The Balaban J connectivity index is 2.06. The van der Waals surface area contributed by atoms with Crippen molar-refractivity contribution < 1.29 is 0 Å². The van der Waals surface area contributed by atoms with Gasteiger partial charge in [0.1, 0.15) is 16.8 Å². The minimum absolute atomic E-state index is 0.545. The Morgan fingerprint density at radius 2 is 2.20 bits per heavy atom. The number of rotatable bonds is 6. The lowest BCUT2D eigenvalue weighted by molar-refractivity contribution is 0.270. The first-order valence-corrected chi connectivity index (χ1v) is 8.00. The quantitative estimate of drug-likeness (QED) is 0.756. The fourth-order valence-corrected chi connectivity index (χ4v) is 3.11. The lowest BCUT2D eigenvalue weighted by Crippen LogP contribution is -2.39. The molecule has 1 aromatic heterocycles. The zero-order valence-electron chi connectivity index (χ0n) is 12.8. The van der Waals surface area contributed by atoms with E-state index in [-0.39, 0.29) is 0 Å². The van der Waals surface area contributed by atoms with Crippen molar-refractivity contribution in [3.63, 3.8) is 0 Å². The highest BCUT2D eigenvalue weighted by atomic mass is 35.5. The molecule has 2 rings (SSSR count). The van der Waals surface area contributed by atoms with Crippen LogP contribution in [0.4, 0.5) is 5.82 Å². The second-order valence-electron chi connectivity index (χ2n) is 5.52. The standard InChI is InChI=1S/C15H25ClN4/c1-4-7-14-17-13(16)10-15(18-14)19(3)11-12-8-6-9-20(12)5-2/h10,12H,4-9,11H2,1-3H3. The van der Waals surface area contributed by atoms with Gasteiger partial charge in [0.05, 0.1) is 0 Å². The summed E-state index contributed by atoms with van der Waals surface area (Å²) in [6.45, 7) is 7.72. The summed E-state index contributed by atoms with van der Waals surface area (Å²) >= 11 is 6.11. The average Bonchev–Trinajstić information content (AvgIpc) is 2.85. The number of likely N-dealkylation sites (tertiary alicyclic amines) is 1. The van der Waals surface area contributed by atoms with Crippen LogP contribution in [-0.2, 0) is 6.42 Å². The third kappa shape index (κ3) is 3.83. The summed E-state index contributed by atoms with van der Waals surface area (Å²) in [4.78, 5) is 13.7. The van der Waals surface area contributed by atoms with Crippen molar-refractivity contribution in [3.05, 3.63) is 17.0 Å². The Morgan fingerprint density at radius 3 is 2.90 bits per heavy atom. The van der Waals surface area contributed by atoms with Gasteiger partial charge in [-0.25, -0.2) is 9.97 Å². The molecule has 1 unspecified atom stereocenters. The number of likely N-dealkylation sites (N-methyl/N-ethyl adjacent to an activating group) is 2. The predicted molar refractivity (Wildman–Crippen MR) is 84.6 cm³/mol. The minimum Gasteiger partial charge on any atom is -0.358 e. The molecule has 1 saturated heterocycles. The zero-order chi connectivity index (χ0) is 14.5. The van der Waals surface area contributed by atoms with Gasteiger partial charge in [-0.1, -0.05) is 25.4 Å². The van der Waals surface area contributed by atoms with Gasteiger partial charge < -0.3 is 4.90 Å². The van der Waals surface area contributed by atoms with Crippen LogP contribution in [0.5, 0.6) is 0 Å². The van der Waals surface area contributed by atoms with Gasteiger partial charge in [-0.3, -0.25) is 4.90 Å². The third-order valence-corrected chi connectivity index (χ3v) is 4.18. The van der Waals surface area contributed by atoms with E-state index >= 15 is 0 Å². The molecule has 5 heteroatoms. The Hall–Kier alpha value is -0.870. The van der Waals surface area contributed by atoms with E-state index in [9.17, 15) is 0 Å². The summed E-state index contributed by atoms with van der Waals surface area (Å²) < 4.78 is 0. The van der Waals surface area contributed by atoms with Crippen molar-refractivity contribution in [2.75, 3.05) is 31.6 Å². The molecular formula is C15H25ClN4. The molecule has 1 fully saturated rings. The lowest BCUT2D eigenvalue weighted by atomic mass is 10.2. The van der Waals surface area contributed by atoms with Crippen LogP contribution in [-0.4, -0.2) is 47.6 Å². The molecule has 2 heterocycles. The number of aromatic nitrogens is 2. The van der Waals surface area contributed by atoms with Gasteiger partial charge in [-0.2, -0.15) is 0 Å². The van der Waals surface area contributed by atoms with Crippen molar-refractivity contribution >= 4 is 17.4 Å². The van der Waals surface area contributed by atoms with Gasteiger partial charge in [-0.15, -0.1) is 0 Å². The molecule has 20 heavy (non-hydrogen) atoms. The van der Waals surface area contributed by atoms with Crippen LogP contribution in [0.2, 0.25) is 5.15 Å². The number of aryl methyl sites for hydroxylation is 1. The fraction of sp³-hybridized carbons (Fsp3) is 0.733. The van der Waals surface area contributed by atoms with Crippen molar-refractivity contribution in [2.24, 2.45) is 0 Å². The summed E-state index contributed by atoms with van der Waals surface area (Å²) in [6, 6.07) is 2.50. The maximum Gasteiger partial charge on any atom is 0.134 e. The predicted octanol–water partition coefficient (Wildman–Crippen LogP) is 3.00. The van der Waals surface area contributed by atoms with Crippen LogP contribution < -0.4 is 4.90 Å². The molecule has 112 valence electrons. The van der Waals surface area contributed by atoms with Gasteiger partial charge in [0.2, 0.25) is 0 Å². The number of halogens is 1. The molecule has 0 spiro atoms. The molecular weight excluding hydrogens is 272 g/mol. The first kappa shape index (κ1) is 15.5. The highest BCUT2D eigenvalue weighted by molar-refractivity contribution is 6.29. The van der Waals surface area contributed by atoms with Crippen LogP contribution in [0.1, 0.15) is 38.9 Å². The summed E-state index contributed by atoms with van der Waals surface area (Å²) in [5.41, 5.74) is 0. The molecule has 0 N–H and O–H groups in total. The minimum atomic E-state index is 0.545. The first-order chi connectivity index (χ1) is 9.63. The molecule has 0 aliphatic carbocycles. The largest absolute Gasteiger partial charge is 0.358 e. The van der Waals surface area contributed by atoms with Crippen LogP contribution in [0, 0.1) is 0 Å². The van der Waals surface area contributed by atoms with E-state index in [1.807, 2.05) is 6.07 Å². The van der Waals surface area contributed by atoms with E-state index in [1.165, 1.54) is 19.4 Å². The van der Waals surface area contributed by atoms with Crippen LogP contribution in [0.3, 0.4) is 0 Å². The monoisotopic (exact) mass is 296 g/mol. The molecule has 0 bridgehead atoms. The maximum absolute atomic E-state index is 6.11. The molecule has 0 aromatic carbocycles. The Kier molecular flexibility index (Phi) is 5.61. The number of hydrogen-bond donors (Lipinski definition) is 0. The first-order valence-electron chi connectivity index (χ1n) is 7.62. The summed E-state index contributed by atoms with van der Waals surface area (Å²) in [6.07, 6.45) is 4.50. The van der Waals surface area contributed by atoms with Gasteiger partial charge in [0.25, 0.3) is 0 Å². The molecule has 0 saturated carbocycles. The topological polar surface area (TPSA) is 32.3 Å². The number of anilines is 1. The number of hydrogen-bond acceptors (Lipinski definition) is 4. The Morgan fingerprint density at radius 1 is 1.40 bits per heavy atom. The lowest BCUT2D eigenvalue weighted by Gasteiger charge is -2.28. The Bertz CT molecular complexity index is 438. The van der Waals surface area contributed by atoms with Crippen LogP contribution >= 0.6 is 11.6 Å². The van der Waals surface area contributed by atoms with Crippen molar-refractivity contribution in [1.29, 1.82) is 0 Å². The number of nitrogens with zero attached hydrogens (tertiary/aromatic N) is 4. The van der Waals surface area contributed by atoms with Gasteiger partial charge in [0, 0.05) is 32.1 Å². The molecule has 1 aliphatic rings. The van der Waals surface area contributed by atoms with Gasteiger partial charge in [0.15, 0.2) is 0 Å². The molecule has 1 aromatic rings. The van der Waals surface area contributed by atoms with E-state index in [0.29, 0.717) is 11.2 Å². The summed E-state index contributed by atoms with van der Waals surface area (Å²) in [5, 5.41) is 0.545. The Labute approximate surface area is 127 Å². The highest BCUT2D eigenvalue weighted by Crippen LogP contribution is 2.21. The zero-order valence-corrected chi connectivity index (χ0v) is 13.5. The SMILES string of the molecule is CCCc1nc(Cl)cc(N(C)CC2CCCN2CC)n1. The normalized spacial score (nSPS) is 19.5. The van der Waals surface area contributed by atoms with Gasteiger partial charge >= 0.3 is 0 Å². The van der Waals surface area contributed by atoms with Crippen LogP contribution in [0.15, 0.2) is 6.07 Å². The van der Waals surface area contributed by atoms with E-state index in [4.69, 9.17) is 11.6 Å². The molecule has 0 radical (unpaired) electrons. The third-order valence-electron chi connectivity index (χ3n) is 3.98.